The SMILES string of the molecule is CCNC(=NCC1(NC(C)c2ccccc2)CCOCC1)NCC(C)N1CCOCC1. The van der Waals surface area contributed by atoms with Crippen LogP contribution in [-0.4, -0.2) is 81.6 Å². The number of nitrogens with one attached hydrogen (secondary N) is 3. The Labute approximate surface area is 188 Å². The minimum absolute atomic E-state index is 0.0499. The molecule has 0 spiro atoms. The Hall–Kier alpha value is -1.67. The van der Waals surface area contributed by atoms with Crippen LogP contribution in [0.5, 0.6) is 0 Å². The van der Waals surface area contributed by atoms with Gasteiger partial charge in [-0.2, -0.15) is 0 Å². The Kier molecular flexibility index (Phi) is 9.58. The van der Waals surface area contributed by atoms with Crippen molar-refractivity contribution < 1.29 is 9.47 Å². The molecule has 2 aliphatic heterocycles. The Balaban J connectivity index is 1.61. The first-order chi connectivity index (χ1) is 15.1. The number of hydrogen-bond acceptors (Lipinski definition) is 5. The van der Waals surface area contributed by atoms with Crippen molar-refractivity contribution in [2.75, 3.05) is 59.2 Å². The Morgan fingerprint density at radius 3 is 2.39 bits per heavy atom. The van der Waals surface area contributed by atoms with Crippen molar-refractivity contribution >= 4 is 5.96 Å². The van der Waals surface area contributed by atoms with Gasteiger partial charge < -0.3 is 25.4 Å². The van der Waals surface area contributed by atoms with Crippen molar-refractivity contribution in [1.82, 2.24) is 20.9 Å². The minimum Gasteiger partial charge on any atom is -0.381 e. The van der Waals surface area contributed by atoms with E-state index in [1.54, 1.807) is 0 Å². The Bertz CT molecular complexity index is 657. The molecule has 2 atom stereocenters. The molecule has 174 valence electrons. The van der Waals surface area contributed by atoms with E-state index in [0.717, 1.165) is 78.0 Å². The summed E-state index contributed by atoms with van der Waals surface area (Å²) in [7, 11) is 0. The molecule has 1 aromatic carbocycles. The first-order valence-corrected chi connectivity index (χ1v) is 11.9. The van der Waals surface area contributed by atoms with Crippen molar-refractivity contribution in [1.29, 1.82) is 0 Å². The van der Waals surface area contributed by atoms with Gasteiger partial charge in [-0.25, -0.2) is 0 Å². The molecule has 1 aromatic rings. The van der Waals surface area contributed by atoms with E-state index in [2.05, 4.69) is 72.0 Å². The van der Waals surface area contributed by atoms with Gasteiger partial charge in [0.05, 0.1) is 19.8 Å². The Morgan fingerprint density at radius 1 is 1.03 bits per heavy atom. The highest BCUT2D eigenvalue weighted by Gasteiger charge is 2.34. The van der Waals surface area contributed by atoms with E-state index >= 15 is 0 Å². The zero-order valence-electron chi connectivity index (χ0n) is 19.5. The summed E-state index contributed by atoms with van der Waals surface area (Å²) in [6, 6.07) is 11.4. The molecule has 2 unspecified atom stereocenters. The fourth-order valence-electron chi connectivity index (χ4n) is 4.36. The van der Waals surface area contributed by atoms with Crippen molar-refractivity contribution in [3.63, 3.8) is 0 Å². The maximum atomic E-state index is 5.68. The summed E-state index contributed by atoms with van der Waals surface area (Å²) >= 11 is 0. The number of rotatable bonds is 9. The molecular formula is C24H41N5O2. The third-order valence-electron chi connectivity index (χ3n) is 6.39. The molecule has 7 nitrogen and oxygen atoms in total. The van der Waals surface area contributed by atoms with Crippen LogP contribution in [-0.2, 0) is 9.47 Å². The van der Waals surface area contributed by atoms with E-state index < -0.39 is 0 Å². The Morgan fingerprint density at radius 2 is 1.71 bits per heavy atom. The van der Waals surface area contributed by atoms with Crippen molar-refractivity contribution in [3.8, 4) is 0 Å². The van der Waals surface area contributed by atoms with Gasteiger partial charge in [0.25, 0.3) is 0 Å². The molecule has 2 saturated heterocycles. The van der Waals surface area contributed by atoms with Gasteiger partial charge in [0, 0.05) is 57.0 Å². The lowest BCUT2D eigenvalue weighted by molar-refractivity contribution is 0.0211. The molecule has 3 rings (SSSR count). The largest absolute Gasteiger partial charge is 0.381 e. The smallest absolute Gasteiger partial charge is 0.191 e. The topological polar surface area (TPSA) is 70.2 Å². The molecule has 0 aromatic heterocycles. The van der Waals surface area contributed by atoms with Crippen LogP contribution in [0.4, 0.5) is 0 Å². The lowest BCUT2D eigenvalue weighted by atomic mass is 9.88. The maximum Gasteiger partial charge on any atom is 0.191 e. The van der Waals surface area contributed by atoms with Crippen LogP contribution in [0.2, 0.25) is 0 Å². The van der Waals surface area contributed by atoms with E-state index in [9.17, 15) is 0 Å². The lowest BCUT2D eigenvalue weighted by Gasteiger charge is -2.39. The van der Waals surface area contributed by atoms with Crippen molar-refractivity contribution in [2.24, 2.45) is 4.99 Å². The lowest BCUT2D eigenvalue weighted by Crippen LogP contribution is -2.54. The first kappa shape index (κ1) is 24.0. The summed E-state index contributed by atoms with van der Waals surface area (Å²) in [5.41, 5.74) is 1.26. The number of guanidine groups is 1. The van der Waals surface area contributed by atoms with Crippen LogP contribution in [0.15, 0.2) is 35.3 Å². The van der Waals surface area contributed by atoms with Gasteiger partial charge >= 0.3 is 0 Å². The van der Waals surface area contributed by atoms with E-state index in [0.29, 0.717) is 6.04 Å². The minimum atomic E-state index is -0.0499. The summed E-state index contributed by atoms with van der Waals surface area (Å²) in [6.07, 6.45) is 1.94. The number of hydrogen-bond donors (Lipinski definition) is 3. The number of benzene rings is 1. The highest BCUT2D eigenvalue weighted by atomic mass is 16.5. The van der Waals surface area contributed by atoms with Crippen LogP contribution in [0, 0.1) is 0 Å². The summed E-state index contributed by atoms with van der Waals surface area (Å²) in [5.74, 6) is 0.891. The van der Waals surface area contributed by atoms with Crippen LogP contribution in [0.1, 0.15) is 45.2 Å². The molecule has 3 N–H and O–H groups in total. The average Bonchev–Trinajstić information content (AvgIpc) is 2.82. The molecule has 2 aliphatic rings. The second-order valence-corrected chi connectivity index (χ2v) is 8.74. The van der Waals surface area contributed by atoms with E-state index in [4.69, 9.17) is 14.5 Å². The molecule has 0 saturated carbocycles. The number of morpholine rings is 1. The van der Waals surface area contributed by atoms with E-state index in [-0.39, 0.29) is 11.6 Å². The molecule has 7 heteroatoms. The first-order valence-electron chi connectivity index (χ1n) is 11.9. The number of nitrogens with zero attached hydrogens (tertiary/aromatic N) is 2. The van der Waals surface area contributed by atoms with Gasteiger partial charge in [-0.3, -0.25) is 9.89 Å². The third kappa shape index (κ3) is 7.45. The highest BCUT2D eigenvalue weighted by Crippen LogP contribution is 2.26. The molecule has 0 amide bonds. The van der Waals surface area contributed by atoms with Gasteiger partial charge in [-0.1, -0.05) is 30.3 Å². The van der Waals surface area contributed by atoms with Gasteiger partial charge in [-0.15, -0.1) is 0 Å². The molecule has 2 heterocycles. The molecular weight excluding hydrogens is 390 g/mol. The molecule has 0 aliphatic carbocycles. The fourth-order valence-corrected chi connectivity index (χ4v) is 4.36. The molecule has 0 radical (unpaired) electrons. The zero-order valence-corrected chi connectivity index (χ0v) is 19.5. The number of ether oxygens (including phenoxy) is 2. The van der Waals surface area contributed by atoms with Gasteiger partial charge in [0.2, 0.25) is 0 Å². The van der Waals surface area contributed by atoms with E-state index in [1.165, 1.54) is 5.56 Å². The van der Waals surface area contributed by atoms with Gasteiger partial charge in [-0.05, 0) is 39.2 Å². The second kappa shape index (κ2) is 12.4. The van der Waals surface area contributed by atoms with E-state index in [1.807, 2.05) is 0 Å². The van der Waals surface area contributed by atoms with Crippen LogP contribution < -0.4 is 16.0 Å². The molecule has 31 heavy (non-hydrogen) atoms. The summed E-state index contributed by atoms with van der Waals surface area (Å²) in [5, 5.41) is 10.9. The van der Waals surface area contributed by atoms with Crippen LogP contribution in [0.25, 0.3) is 0 Å². The maximum absolute atomic E-state index is 5.68. The normalized spacial score (nSPS) is 22.0. The quantitative estimate of drug-likeness (QED) is 0.411. The highest BCUT2D eigenvalue weighted by molar-refractivity contribution is 5.79. The van der Waals surface area contributed by atoms with Crippen molar-refractivity contribution in [2.45, 2.75) is 51.2 Å². The fraction of sp³-hybridized carbons (Fsp3) is 0.708. The molecule has 0 bridgehead atoms. The van der Waals surface area contributed by atoms with Gasteiger partial charge in [0.1, 0.15) is 0 Å². The predicted octanol–water partition coefficient (Wildman–Crippen LogP) is 2.16. The van der Waals surface area contributed by atoms with Crippen molar-refractivity contribution in [3.05, 3.63) is 35.9 Å². The second-order valence-electron chi connectivity index (χ2n) is 8.74. The standard InChI is InChI=1S/C24H41N5O2/c1-4-25-23(26-18-20(2)29-12-16-31-17-13-29)27-19-24(10-14-30-15-11-24)28-21(3)22-8-6-5-7-9-22/h5-9,20-21,28H,4,10-19H2,1-3H3,(H2,25,26,27). The zero-order chi connectivity index (χ0) is 21.9. The van der Waals surface area contributed by atoms with Crippen LogP contribution in [0.3, 0.4) is 0 Å². The summed E-state index contributed by atoms with van der Waals surface area (Å²) in [4.78, 5) is 7.48. The monoisotopic (exact) mass is 431 g/mol. The third-order valence-corrected chi connectivity index (χ3v) is 6.39. The predicted molar refractivity (Wildman–Crippen MR) is 127 cm³/mol. The summed E-state index contributed by atoms with van der Waals surface area (Å²) in [6.45, 7) is 14.3. The summed E-state index contributed by atoms with van der Waals surface area (Å²) < 4.78 is 11.2. The average molecular weight is 432 g/mol. The molecule has 2 fully saturated rings. The van der Waals surface area contributed by atoms with Gasteiger partial charge in [0.15, 0.2) is 5.96 Å². The number of aliphatic imine (C=N–C) groups is 1. The van der Waals surface area contributed by atoms with Crippen LogP contribution >= 0.6 is 0 Å².